The van der Waals surface area contributed by atoms with Gasteiger partial charge in [-0.25, -0.2) is 0 Å². The maximum atomic E-state index is 12.2. The van der Waals surface area contributed by atoms with E-state index in [0.717, 1.165) is 44.1 Å². The lowest BCUT2D eigenvalue weighted by Gasteiger charge is -2.23. The van der Waals surface area contributed by atoms with Gasteiger partial charge in [-0.3, -0.25) is 9.79 Å². The van der Waals surface area contributed by atoms with E-state index in [1.54, 1.807) is 7.11 Å². The number of carbonyl (C=O) groups excluding carboxylic acids is 1. The predicted octanol–water partition coefficient (Wildman–Crippen LogP) is 2.76. The van der Waals surface area contributed by atoms with Crippen LogP contribution in [0, 0.1) is 5.92 Å². The average Bonchev–Trinajstić information content (AvgIpc) is 3.24. The van der Waals surface area contributed by atoms with Crippen LogP contribution in [0.2, 0.25) is 0 Å². The zero-order valence-electron chi connectivity index (χ0n) is 17.2. The third kappa shape index (κ3) is 5.40. The van der Waals surface area contributed by atoms with Crippen molar-refractivity contribution in [3.63, 3.8) is 0 Å². The van der Waals surface area contributed by atoms with Crippen LogP contribution in [0.25, 0.3) is 0 Å². The number of carbonyl (C=O) groups is 1. The number of nitrogens with one attached hydrogen (secondary N) is 2. The molecule has 1 amide bonds. The van der Waals surface area contributed by atoms with E-state index < -0.39 is 0 Å². The van der Waals surface area contributed by atoms with Crippen molar-refractivity contribution in [3.8, 4) is 5.75 Å². The highest BCUT2D eigenvalue weighted by Crippen LogP contribution is 2.28. The molecule has 0 spiro atoms. The lowest BCUT2D eigenvalue weighted by Crippen LogP contribution is -2.44. The zero-order valence-corrected chi connectivity index (χ0v) is 17.2. The van der Waals surface area contributed by atoms with Crippen molar-refractivity contribution in [1.29, 1.82) is 0 Å². The number of amides is 1. The molecule has 1 saturated carbocycles. The van der Waals surface area contributed by atoms with E-state index in [0.29, 0.717) is 19.0 Å². The largest absolute Gasteiger partial charge is 0.497 e. The van der Waals surface area contributed by atoms with Gasteiger partial charge in [0.25, 0.3) is 0 Å². The second-order valence-electron chi connectivity index (χ2n) is 7.80. The van der Waals surface area contributed by atoms with Crippen LogP contribution in [0.4, 0.5) is 0 Å². The van der Waals surface area contributed by atoms with Gasteiger partial charge in [0.15, 0.2) is 5.96 Å². The fourth-order valence-electron chi connectivity index (χ4n) is 4.30. The van der Waals surface area contributed by atoms with Gasteiger partial charge in [-0.15, -0.1) is 0 Å². The molecule has 0 radical (unpaired) electrons. The van der Waals surface area contributed by atoms with Crippen molar-refractivity contribution >= 4 is 11.9 Å². The van der Waals surface area contributed by atoms with Crippen LogP contribution < -0.4 is 15.4 Å². The van der Waals surface area contributed by atoms with Crippen LogP contribution in [0.1, 0.15) is 50.0 Å². The molecule has 2 fully saturated rings. The van der Waals surface area contributed by atoms with Gasteiger partial charge in [0.2, 0.25) is 5.91 Å². The predicted molar refractivity (Wildman–Crippen MR) is 113 cm³/mol. The Morgan fingerprint density at radius 1 is 1.11 bits per heavy atom. The number of guanidine groups is 1. The maximum absolute atomic E-state index is 12.2. The molecule has 3 rings (SSSR count). The molecule has 28 heavy (non-hydrogen) atoms. The minimum absolute atomic E-state index is 0.219. The summed E-state index contributed by atoms with van der Waals surface area (Å²) in [7, 11) is 3.52. The Bertz CT molecular complexity index is 653. The third-order valence-electron chi connectivity index (χ3n) is 5.97. The van der Waals surface area contributed by atoms with Crippen molar-refractivity contribution < 1.29 is 9.53 Å². The minimum atomic E-state index is 0.219. The second-order valence-corrected chi connectivity index (χ2v) is 7.80. The van der Waals surface area contributed by atoms with Crippen LogP contribution in [0.5, 0.6) is 5.75 Å². The third-order valence-corrected chi connectivity index (χ3v) is 5.97. The molecule has 154 valence electrons. The Morgan fingerprint density at radius 3 is 2.50 bits per heavy atom. The van der Waals surface area contributed by atoms with Gasteiger partial charge in [-0.05, 0) is 37.0 Å². The van der Waals surface area contributed by atoms with E-state index in [2.05, 4.69) is 32.7 Å². The molecule has 1 aliphatic carbocycles. The molecule has 6 heteroatoms. The van der Waals surface area contributed by atoms with Crippen molar-refractivity contribution in [1.82, 2.24) is 15.5 Å². The molecule has 1 aromatic rings. The summed E-state index contributed by atoms with van der Waals surface area (Å²) in [6.07, 6.45) is 6.85. The number of hydrogen-bond acceptors (Lipinski definition) is 3. The monoisotopic (exact) mass is 386 g/mol. The quantitative estimate of drug-likeness (QED) is 0.448. The molecule has 1 aromatic carbocycles. The smallest absolute Gasteiger partial charge is 0.223 e. The highest BCUT2D eigenvalue weighted by atomic mass is 16.5. The van der Waals surface area contributed by atoms with E-state index in [1.807, 2.05) is 19.2 Å². The van der Waals surface area contributed by atoms with Crippen molar-refractivity contribution in [2.75, 3.05) is 40.3 Å². The lowest BCUT2D eigenvalue weighted by molar-refractivity contribution is -0.125. The van der Waals surface area contributed by atoms with Gasteiger partial charge >= 0.3 is 0 Å². The molecule has 1 saturated heterocycles. The minimum Gasteiger partial charge on any atom is -0.497 e. The zero-order chi connectivity index (χ0) is 19.8. The molecule has 0 bridgehead atoms. The molecule has 1 heterocycles. The van der Waals surface area contributed by atoms with Crippen LogP contribution in [0.15, 0.2) is 29.3 Å². The fraction of sp³-hybridized carbons (Fsp3) is 0.636. The van der Waals surface area contributed by atoms with E-state index in [1.165, 1.54) is 24.8 Å². The van der Waals surface area contributed by atoms with E-state index >= 15 is 0 Å². The summed E-state index contributed by atoms with van der Waals surface area (Å²) in [5.41, 5.74) is 1.35. The van der Waals surface area contributed by atoms with Crippen molar-refractivity contribution in [3.05, 3.63) is 29.8 Å². The fourth-order valence-corrected chi connectivity index (χ4v) is 4.30. The summed E-state index contributed by atoms with van der Waals surface area (Å²) in [6, 6.07) is 8.37. The van der Waals surface area contributed by atoms with E-state index in [-0.39, 0.29) is 11.8 Å². The number of ether oxygens (including phenoxy) is 1. The Hall–Kier alpha value is -2.24. The number of rotatable bonds is 6. The molecule has 1 aliphatic heterocycles. The highest BCUT2D eigenvalue weighted by molar-refractivity contribution is 5.81. The maximum Gasteiger partial charge on any atom is 0.223 e. The molecule has 1 atom stereocenters. The number of likely N-dealkylation sites (tertiary alicyclic amines) is 1. The molecule has 1 unspecified atom stereocenters. The van der Waals surface area contributed by atoms with Gasteiger partial charge in [0.1, 0.15) is 5.75 Å². The van der Waals surface area contributed by atoms with Gasteiger partial charge in [0.05, 0.1) is 7.11 Å². The summed E-state index contributed by atoms with van der Waals surface area (Å²) in [6.45, 7) is 3.30. The first kappa shape index (κ1) is 20.5. The average molecular weight is 387 g/mol. The summed E-state index contributed by atoms with van der Waals surface area (Å²) in [4.78, 5) is 19.0. The highest BCUT2D eigenvalue weighted by Gasteiger charge is 2.26. The first-order valence-corrected chi connectivity index (χ1v) is 10.6. The Balaban J connectivity index is 1.40. The molecule has 2 N–H and O–H groups in total. The summed E-state index contributed by atoms with van der Waals surface area (Å²) in [5.74, 6) is 2.76. The Labute approximate surface area is 168 Å². The van der Waals surface area contributed by atoms with Gasteiger partial charge in [-0.2, -0.15) is 0 Å². The second kappa shape index (κ2) is 10.3. The SMILES string of the molecule is CN=C(NCCNC(=O)C1CCCCC1)N1CCC(c2ccc(OC)cc2)C1. The normalized spacial score (nSPS) is 20.9. The Kier molecular flexibility index (Phi) is 7.57. The number of aliphatic imine (C=N–C) groups is 1. The number of hydrogen-bond donors (Lipinski definition) is 2. The van der Waals surface area contributed by atoms with Crippen LogP contribution in [-0.4, -0.2) is 57.1 Å². The first-order chi connectivity index (χ1) is 13.7. The van der Waals surface area contributed by atoms with Crippen molar-refractivity contribution in [2.24, 2.45) is 10.9 Å². The van der Waals surface area contributed by atoms with Crippen LogP contribution in [-0.2, 0) is 4.79 Å². The molecule has 2 aliphatic rings. The number of methoxy groups -OCH3 is 1. The summed E-state index contributed by atoms with van der Waals surface area (Å²) in [5, 5.41) is 6.48. The van der Waals surface area contributed by atoms with Crippen molar-refractivity contribution in [2.45, 2.75) is 44.4 Å². The standard InChI is InChI=1S/C22H34N4O2/c1-23-22(25-14-13-24-21(27)18-6-4-3-5-7-18)26-15-12-19(16-26)17-8-10-20(28-2)11-9-17/h8-11,18-19H,3-7,12-16H2,1-2H3,(H,23,25)(H,24,27). The van der Waals surface area contributed by atoms with Crippen LogP contribution in [0.3, 0.4) is 0 Å². The van der Waals surface area contributed by atoms with Gasteiger partial charge in [0, 0.05) is 45.1 Å². The first-order valence-electron chi connectivity index (χ1n) is 10.6. The van der Waals surface area contributed by atoms with E-state index in [9.17, 15) is 4.79 Å². The number of benzene rings is 1. The Morgan fingerprint density at radius 2 is 1.82 bits per heavy atom. The van der Waals surface area contributed by atoms with Gasteiger partial charge < -0.3 is 20.3 Å². The molecular weight excluding hydrogens is 352 g/mol. The van der Waals surface area contributed by atoms with Gasteiger partial charge in [-0.1, -0.05) is 31.4 Å². The summed E-state index contributed by atoms with van der Waals surface area (Å²) < 4.78 is 5.25. The number of nitrogens with zero attached hydrogens (tertiary/aromatic N) is 2. The molecule has 0 aromatic heterocycles. The van der Waals surface area contributed by atoms with E-state index in [4.69, 9.17) is 4.74 Å². The topological polar surface area (TPSA) is 66.0 Å². The summed E-state index contributed by atoms with van der Waals surface area (Å²) >= 11 is 0. The lowest BCUT2D eigenvalue weighted by atomic mass is 9.89. The molecular formula is C22H34N4O2. The van der Waals surface area contributed by atoms with Crippen LogP contribution >= 0.6 is 0 Å². The molecule has 6 nitrogen and oxygen atoms in total.